The molecule has 0 amide bonds. The zero-order valence-corrected chi connectivity index (χ0v) is 8.13. The predicted octanol–water partition coefficient (Wildman–Crippen LogP) is 2.12. The van der Waals surface area contributed by atoms with Gasteiger partial charge in [-0.3, -0.25) is 0 Å². The van der Waals surface area contributed by atoms with E-state index >= 15 is 0 Å². The normalized spacial score (nSPS) is 13.3. The van der Waals surface area contributed by atoms with Crippen LogP contribution in [0.5, 0.6) is 0 Å². The van der Waals surface area contributed by atoms with Gasteiger partial charge in [-0.1, -0.05) is 12.7 Å². The van der Waals surface area contributed by atoms with Gasteiger partial charge in [0.1, 0.15) is 5.76 Å². The van der Waals surface area contributed by atoms with Crippen molar-refractivity contribution in [3.8, 4) is 0 Å². The molecule has 0 aromatic carbocycles. The molecule has 0 aromatic rings. The Hall–Kier alpha value is -1.51. The molecule has 13 heavy (non-hydrogen) atoms. The number of aliphatic carboxylic acids is 1. The van der Waals surface area contributed by atoms with E-state index < -0.39 is 5.97 Å². The largest absolute Gasteiger partial charge is 0.496 e. The number of hydrogen-bond donors (Lipinski definition) is 1. The lowest BCUT2D eigenvalue weighted by Crippen LogP contribution is -2.01. The molecular weight excluding hydrogens is 168 g/mol. The summed E-state index contributed by atoms with van der Waals surface area (Å²) in [5, 5.41) is 8.68. The van der Waals surface area contributed by atoms with Crippen LogP contribution < -0.4 is 0 Å². The van der Waals surface area contributed by atoms with Crippen LogP contribution in [0.2, 0.25) is 0 Å². The molecule has 3 heteroatoms. The molecular formula is C10H14O3. The highest BCUT2D eigenvalue weighted by Crippen LogP contribution is 2.09. The number of rotatable bonds is 4. The van der Waals surface area contributed by atoms with Crippen molar-refractivity contribution in [3.63, 3.8) is 0 Å². The van der Waals surface area contributed by atoms with Crippen LogP contribution in [0.1, 0.15) is 13.8 Å². The van der Waals surface area contributed by atoms with Crippen molar-refractivity contribution < 1.29 is 14.6 Å². The van der Waals surface area contributed by atoms with Gasteiger partial charge in [0.15, 0.2) is 0 Å². The number of ether oxygens (including phenoxy) is 1. The Morgan fingerprint density at radius 1 is 1.46 bits per heavy atom. The van der Waals surface area contributed by atoms with Crippen LogP contribution >= 0.6 is 0 Å². The fourth-order valence-electron chi connectivity index (χ4n) is 0.691. The molecule has 0 radical (unpaired) electrons. The van der Waals surface area contributed by atoms with Crippen molar-refractivity contribution in [2.75, 3.05) is 7.11 Å². The van der Waals surface area contributed by atoms with E-state index in [0.29, 0.717) is 5.76 Å². The fourth-order valence-corrected chi connectivity index (χ4v) is 0.691. The molecule has 0 bridgehead atoms. The molecule has 0 aliphatic heterocycles. The van der Waals surface area contributed by atoms with E-state index in [1.807, 2.05) is 6.92 Å². The summed E-state index contributed by atoms with van der Waals surface area (Å²) in [5.74, 6) is -0.630. The molecule has 0 aliphatic rings. The van der Waals surface area contributed by atoms with Gasteiger partial charge in [0.2, 0.25) is 0 Å². The topological polar surface area (TPSA) is 46.5 Å². The second-order valence-corrected chi connectivity index (χ2v) is 2.59. The standard InChI is InChI=1S/C10H14O3/c1-5-7(2)6-9(13-4)8(3)10(11)12/h5-6H,1H2,2-4H3,(H,11,12). The lowest BCUT2D eigenvalue weighted by Gasteiger charge is -2.03. The molecule has 0 unspecified atom stereocenters. The lowest BCUT2D eigenvalue weighted by atomic mass is 10.2. The summed E-state index contributed by atoms with van der Waals surface area (Å²) in [6, 6.07) is 0. The second kappa shape index (κ2) is 5.19. The molecule has 0 aromatic heterocycles. The second-order valence-electron chi connectivity index (χ2n) is 2.59. The van der Waals surface area contributed by atoms with Gasteiger partial charge in [-0.15, -0.1) is 0 Å². The monoisotopic (exact) mass is 182 g/mol. The maximum Gasteiger partial charge on any atom is 0.335 e. The molecule has 1 N–H and O–H groups in total. The van der Waals surface area contributed by atoms with Gasteiger partial charge in [-0.05, 0) is 25.5 Å². The first-order valence-electron chi connectivity index (χ1n) is 3.81. The quantitative estimate of drug-likeness (QED) is 0.411. The first-order valence-corrected chi connectivity index (χ1v) is 3.81. The van der Waals surface area contributed by atoms with E-state index in [2.05, 4.69) is 6.58 Å². The molecule has 0 atom stereocenters. The number of methoxy groups -OCH3 is 1. The third kappa shape index (κ3) is 3.60. The average molecular weight is 182 g/mol. The average Bonchev–Trinajstić information content (AvgIpc) is 2.12. The Kier molecular flexibility index (Phi) is 4.59. The highest BCUT2D eigenvalue weighted by molar-refractivity contribution is 5.87. The summed E-state index contributed by atoms with van der Waals surface area (Å²) in [6.07, 6.45) is 3.27. The Morgan fingerprint density at radius 2 is 2.00 bits per heavy atom. The highest BCUT2D eigenvalue weighted by Gasteiger charge is 2.06. The van der Waals surface area contributed by atoms with Crippen molar-refractivity contribution in [3.05, 3.63) is 35.6 Å². The number of carboxylic acids is 1. The maximum atomic E-state index is 10.6. The van der Waals surface area contributed by atoms with Gasteiger partial charge in [0.05, 0.1) is 12.7 Å². The minimum atomic E-state index is -0.982. The zero-order valence-electron chi connectivity index (χ0n) is 8.13. The van der Waals surface area contributed by atoms with Crippen LogP contribution in [0, 0.1) is 0 Å². The first-order chi connectivity index (χ1) is 6.02. The lowest BCUT2D eigenvalue weighted by molar-refractivity contribution is -0.132. The van der Waals surface area contributed by atoms with Crippen molar-refractivity contribution >= 4 is 5.97 Å². The molecule has 3 nitrogen and oxygen atoms in total. The van der Waals surface area contributed by atoms with Gasteiger partial charge in [0, 0.05) is 0 Å². The third-order valence-electron chi connectivity index (χ3n) is 1.59. The molecule has 0 spiro atoms. The number of hydrogen-bond acceptors (Lipinski definition) is 2. The minimum Gasteiger partial charge on any atom is -0.496 e. The molecule has 0 fully saturated rings. The zero-order chi connectivity index (χ0) is 10.4. The highest BCUT2D eigenvalue weighted by atomic mass is 16.5. The Labute approximate surface area is 78.0 Å². The van der Waals surface area contributed by atoms with E-state index in [1.54, 1.807) is 12.2 Å². The molecule has 0 saturated carbocycles. The molecule has 0 aliphatic carbocycles. The van der Waals surface area contributed by atoms with E-state index in [9.17, 15) is 4.79 Å². The molecule has 0 heterocycles. The maximum absolute atomic E-state index is 10.6. The smallest absolute Gasteiger partial charge is 0.335 e. The summed E-state index contributed by atoms with van der Waals surface area (Å²) < 4.78 is 4.92. The number of allylic oxidation sites excluding steroid dienone is 3. The summed E-state index contributed by atoms with van der Waals surface area (Å²) >= 11 is 0. The van der Waals surface area contributed by atoms with Crippen LogP contribution in [-0.2, 0) is 9.53 Å². The van der Waals surface area contributed by atoms with Gasteiger partial charge >= 0.3 is 5.97 Å². The van der Waals surface area contributed by atoms with E-state index in [-0.39, 0.29) is 5.57 Å². The molecule has 72 valence electrons. The van der Waals surface area contributed by atoms with Crippen LogP contribution in [0.4, 0.5) is 0 Å². The third-order valence-corrected chi connectivity index (χ3v) is 1.59. The van der Waals surface area contributed by atoms with Crippen molar-refractivity contribution in [1.82, 2.24) is 0 Å². The minimum absolute atomic E-state index is 0.184. The summed E-state index contributed by atoms with van der Waals surface area (Å²) in [4.78, 5) is 10.6. The van der Waals surface area contributed by atoms with Crippen molar-refractivity contribution in [2.24, 2.45) is 0 Å². The van der Waals surface area contributed by atoms with Gasteiger partial charge in [-0.25, -0.2) is 4.79 Å². The van der Waals surface area contributed by atoms with E-state index in [0.717, 1.165) is 5.57 Å². The van der Waals surface area contributed by atoms with Gasteiger partial charge in [0.25, 0.3) is 0 Å². The fraction of sp³-hybridized carbons (Fsp3) is 0.300. The van der Waals surface area contributed by atoms with Gasteiger partial charge in [-0.2, -0.15) is 0 Å². The van der Waals surface area contributed by atoms with Crippen LogP contribution in [-0.4, -0.2) is 18.2 Å². The van der Waals surface area contributed by atoms with E-state index in [1.165, 1.54) is 14.0 Å². The van der Waals surface area contributed by atoms with Crippen molar-refractivity contribution in [1.29, 1.82) is 0 Å². The predicted molar refractivity (Wildman–Crippen MR) is 51.3 cm³/mol. The Balaban J connectivity index is 5.00. The number of carbonyl (C=O) groups is 1. The first kappa shape index (κ1) is 11.5. The van der Waals surface area contributed by atoms with Crippen LogP contribution in [0.3, 0.4) is 0 Å². The summed E-state index contributed by atoms with van der Waals surface area (Å²) in [7, 11) is 1.44. The van der Waals surface area contributed by atoms with Crippen molar-refractivity contribution in [2.45, 2.75) is 13.8 Å². The Bertz CT molecular complexity index is 272. The molecule has 0 saturated heterocycles. The van der Waals surface area contributed by atoms with Crippen LogP contribution in [0.25, 0.3) is 0 Å². The Morgan fingerprint density at radius 3 is 2.31 bits per heavy atom. The number of carboxylic acid groups (broad SMARTS) is 1. The SMILES string of the molecule is C=CC(C)=CC(OC)=C(C)C(=O)O. The molecule has 0 rings (SSSR count). The summed E-state index contributed by atoms with van der Waals surface area (Å²) in [6.45, 7) is 6.87. The van der Waals surface area contributed by atoms with Gasteiger partial charge < -0.3 is 9.84 Å². The summed E-state index contributed by atoms with van der Waals surface area (Å²) in [5.41, 5.74) is 1.04. The van der Waals surface area contributed by atoms with Crippen LogP contribution in [0.15, 0.2) is 35.6 Å². The van der Waals surface area contributed by atoms with E-state index in [4.69, 9.17) is 9.84 Å².